The van der Waals surface area contributed by atoms with Gasteiger partial charge in [-0.05, 0) is 12.5 Å². The molecule has 1 unspecified atom stereocenters. The van der Waals surface area contributed by atoms with Crippen LogP contribution >= 0.6 is 0 Å². The second-order valence-electron chi connectivity index (χ2n) is 4.85. The van der Waals surface area contributed by atoms with E-state index in [4.69, 9.17) is 0 Å². The number of rotatable bonds is 5. The molecule has 0 bridgehead atoms. The molecule has 1 heterocycles. The van der Waals surface area contributed by atoms with Gasteiger partial charge < -0.3 is 14.8 Å². The molecule has 106 valence electrons. The number of aliphatic hydroxyl groups is 1. The lowest BCUT2D eigenvalue weighted by Gasteiger charge is -2.20. The van der Waals surface area contributed by atoms with Crippen molar-refractivity contribution in [1.29, 1.82) is 0 Å². The minimum atomic E-state index is -1.02. The summed E-state index contributed by atoms with van der Waals surface area (Å²) in [4.78, 5) is 15.5. The van der Waals surface area contributed by atoms with E-state index in [1.54, 1.807) is 4.57 Å². The van der Waals surface area contributed by atoms with E-state index in [9.17, 15) is 15.0 Å². The maximum atomic E-state index is 11.4. The van der Waals surface area contributed by atoms with Crippen LogP contribution < -0.4 is 0 Å². The van der Waals surface area contributed by atoms with E-state index >= 15 is 0 Å². The van der Waals surface area contributed by atoms with Gasteiger partial charge in [0, 0.05) is 5.92 Å². The quantitative estimate of drug-likeness (QED) is 0.877. The standard InChI is InChI=1S/C15H18N2O3/c1-10(9-18)14-16-8-13(15(19)20)17(14)11(2)12-6-4-3-5-7-12/h3-8,10-11,18H,9H2,1-2H3,(H,19,20)/t10?,11-/m1/s1. The first-order valence-corrected chi connectivity index (χ1v) is 6.52. The van der Waals surface area contributed by atoms with E-state index in [-0.39, 0.29) is 24.3 Å². The molecule has 2 atom stereocenters. The first kappa shape index (κ1) is 14.3. The Morgan fingerprint density at radius 3 is 2.50 bits per heavy atom. The topological polar surface area (TPSA) is 75.3 Å². The van der Waals surface area contributed by atoms with Crippen LogP contribution in [0, 0.1) is 0 Å². The van der Waals surface area contributed by atoms with Gasteiger partial charge in [-0.3, -0.25) is 0 Å². The van der Waals surface area contributed by atoms with Crippen LogP contribution in [0.3, 0.4) is 0 Å². The average molecular weight is 274 g/mol. The second kappa shape index (κ2) is 5.88. The first-order chi connectivity index (χ1) is 9.56. The van der Waals surface area contributed by atoms with Gasteiger partial charge in [0.1, 0.15) is 11.5 Å². The molecule has 1 aromatic heterocycles. The lowest BCUT2D eigenvalue weighted by Crippen LogP contribution is -2.19. The average Bonchev–Trinajstić information content (AvgIpc) is 2.91. The Bertz CT molecular complexity index is 592. The predicted molar refractivity (Wildman–Crippen MR) is 74.9 cm³/mol. The van der Waals surface area contributed by atoms with Gasteiger partial charge in [0.05, 0.1) is 18.8 Å². The minimum absolute atomic E-state index is 0.0718. The van der Waals surface area contributed by atoms with E-state index in [0.717, 1.165) is 5.56 Å². The summed E-state index contributed by atoms with van der Waals surface area (Å²) in [6.45, 7) is 3.68. The summed E-state index contributed by atoms with van der Waals surface area (Å²) in [6.07, 6.45) is 1.35. The summed E-state index contributed by atoms with van der Waals surface area (Å²) < 4.78 is 1.68. The number of aliphatic hydroxyl groups excluding tert-OH is 1. The number of carboxylic acid groups (broad SMARTS) is 1. The second-order valence-corrected chi connectivity index (χ2v) is 4.85. The molecule has 1 aromatic carbocycles. The number of imidazole rings is 1. The van der Waals surface area contributed by atoms with Gasteiger partial charge in [0.25, 0.3) is 0 Å². The highest BCUT2D eigenvalue weighted by Gasteiger charge is 2.23. The molecule has 0 aliphatic heterocycles. The maximum Gasteiger partial charge on any atom is 0.354 e. The highest BCUT2D eigenvalue weighted by molar-refractivity contribution is 5.85. The van der Waals surface area contributed by atoms with Crippen LogP contribution in [-0.4, -0.2) is 32.3 Å². The minimum Gasteiger partial charge on any atom is -0.477 e. The molecule has 0 radical (unpaired) electrons. The highest BCUT2D eigenvalue weighted by atomic mass is 16.4. The highest BCUT2D eigenvalue weighted by Crippen LogP contribution is 2.25. The van der Waals surface area contributed by atoms with Crippen LogP contribution in [0.2, 0.25) is 0 Å². The number of nitrogens with zero attached hydrogens (tertiary/aromatic N) is 2. The number of hydrogen-bond donors (Lipinski definition) is 2. The number of hydrogen-bond acceptors (Lipinski definition) is 3. The van der Waals surface area contributed by atoms with Gasteiger partial charge in [0.2, 0.25) is 0 Å². The molecule has 0 fully saturated rings. The zero-order chi connectivity index (χ0) is 14.7. The Morgan fingerprint density at radius 1 is 1.30 bits per heavy atom. The lowest BCUT2D eigenvalue weighted by atomic mass is 10.1. The van der Waals surface area contributed by atoms with Gasteiger partial charge >= 0.3 is 5.97 Å². The summed E-state index contributed by atoms with van der Waals surface area (Å²) in [5.74, 6) is -0.646. The molecule has 2 N–H and O–H groups in total. The first-order valence-electron chi connectivity index (χ1n) is 6.52. The molecule has 5 nitrogen and oxygen atoms in total. The summed E-state index contributed by atoms with van der Waals surface area (Å²) in [5, 5.41) is 18.6. The summed E-state index contributed by atoms with van der Waals surface area (Å²) in [6, 6.07) is 9.48. The smallest absolute Gasteiger partial charge is 0.354 e. The van der Waals surface area contributed by atoms with Crippen molar-refractivity contribution in [2.24, 2.45) is 0 Å². The molecule has 0 amide bonds. The van der Waals surface area contributed by atoms with Crippen LogP contribution in [0.5, 0.6) is 0 Å². The third kappa shape index (κ3) is 2.58. The van der Waals surface area contributed by atoms with Crippen molar-refractivity contribution in [2.75, 3.05) is 6.61 Å². The molecule has 0 aliphatic carbocycles. The zero-order valence-electron chi connectivity index (χ0n) is 11.5. The molecule has 0 spiro atoms. The molecule has 0 saturated heterocycles. The Hall–Kier alpha value is -2.14. The zero-order valence-corrected chi connectivity index (χ0v) is 11.5. The van der Waals surface area contributed by atoms with E-state index < -0.39 is 5.97 Å². The molecule has 0 aliphatic rings. The molecule has 20 heavy (non-hydrogen) atoms. The van der Waals surface area contributed by atoms with Crippen molar-refractivity contribution in [3.8, 4) is 0 Å². The van der Waals surface area contributed by atoms with Gasteiger partial charge in [-0.15, -0.1) is 0 Å². The fraction of sp³-hybridized carbons (Fsp3) is 0.333. The van der Waals surface area contributed by atoms with Gasteiger partial charge in [0.15, 0.2) is 0 Å². The Labute approximate surface area is 117 Å². The molecule has 2 aromatic rings. The van der Waals surface area contributed by atoms with Crippen LogP contribution in [0.15, 0.2) is 36.5 Å². The molecule has 5 heteroatoms. The summed E-state index contributed by atoms with van der Waals surface area (Å²) in [5.41, 5.74) is 1.14. The van der Waals surface area contributed by atoms with Gasteiger partial charge in [-0.25, -0.2) is 9.78 Å². The van der Waals surface area contributed by atoms with Crippen LogP contribution in [0.4, 0.5) is 0 Å². The van der Waals surface area contributed by atoms with Crippen molar-refractivity contribution in [1.82, 2.24) is 9.55 Å². The fourth-order valence-corrected chi connectivity index (χ4v) is 2.27. The Kier molecular flexibility index (Phi) is 4.20. The third-order valence-corrected chi connectivity index (χ3v) is 3.43. The van der Waals surface area contributed by atoms with Crippen molar-refractivity contribution >= 4 is 5.97 Å². The van der Waals surface area contributed by atoms with Crippen molar-refractivity contribution in [3.05, 3.63) is 53.6 Å². The normalized spacial score (nSPS) is 13.9. The SMILES string of the molecule is CC(CO)c1ncc(C(=O)O)n1[C@H](C)c1ccccc1. The lowest BCUT2D eigenvalue weighted by molar-refractivity contribution is 0.0683. The third-order valence-electron chi connectivity index (χ3n) is 3.43. The number of carboxylic acids is 1. The Balaban J connectivity index is 2.53. The van der Waals surface area contributed by atoms with E-state index in [2.05, 4.69) is 4.98 Å². The molecule has 2 rings (SSSR count). The van der Waals surface area contributed by atoms with Gasteiger partial charge in [-0.2, -0.15) is 0 Å². The fourth-order valence-electron chi connectivity index (χ4n) is 2.27. The number of aromatic nitrogens is 2. The number of carbonyl (C=O) groups is 1. The molecular weight excluding hydrogens is 256 g/mol. The van der Waals surface area contributed by atoms with Crippen LogP contribution in [-0.2, 0) is 0 Å². The molecular formula is C15H18N2O3. The monoisotopic (exact) mass is 274 g/mol. The van der Waals surface area contributed by atoms with Crippen LogP contribution in [0.1, 0.15) is 47.7 Å². The van der Waals surface area contributed by atoms with Crippen molar-refractivity contribution in [3.63, 3.8) is 0 Å². The number of aromatic carboxylic acids is 1. The van der Waals surface area contributed by atoms with E-state index in [1.807, 2.05) is 44.2 Å². The summed E-state index contributed by atoms with van der Waals surface area (Å²) >= 11 is 0. The molecule has 0 saturated carbocycles. The van der Waals surface area contributed by atoms with Crippen molar-refractivity contribution in [2.45, 2.75) is 25.8 Å². The van der Waals surface area contributed by atoms with Gasteiger partial charge in [-0.1, -0.05) is 37.3 Å². The Morgan fingerprint density at radius 2 is 1.95 bits per heavy atom. The van der Waals surface area contributed by atoms with Crippen molar-refractivity contribution < 1.29 is 15.0 Å². The van der Waals surface area contributed by atoms with Crippen LogP contribution in [0.25, 0.3) is 0 Å². The predicted octanol–water partition coefficient (Wildman–Crippen LogP) is 2.29. The maximum absolute atomic E-state index is 11.4. The van der Waals surface area contributed by atoms with E-state index in [0.29, 0.717) is 5.82 Å². The summed E-state index contributed by atoms with van der Waals surface area (Å²) in [7, 11) is 0. The largest absolute Gasteiger partial charge is 0.477 e. The van der Waals surface area contributed by atoms with E-state index in [1.165, 1.54) is 6.20 Å². The number of benzene rings is 1.